The average molecular weight is 348 g/mol. The molecule has 0 bridgehead atoms. The summed E-state index contributed by atoms with van der Waals surface area (Å²) >= 11 is 0. The number of aryl methyl sites for hydroxylation is 1. The number of hydrogen-bond acceptors (Lipinski definition) is 6. The number of fused-ring (bicyclic) bond motifs is 3. The quantitative estimate of drug-likeness (QED) is 0.576. The minimum absolute atomic E-state index is 0.159. The largest absolute Gasteiger partial charge is 0.466 e. The number of anilines is 1. The van der Waals surface area contributed by atoms with Gasteiger partial charge in [0, 0.05) is 23.2 Å². The van der Waals surface area contributed by atoms with E-state index in [1.165, 1.54) is 0 Å². The van der Waals surface area contributed by atoms with Gasteiger partial charge in [0.15, 0.2) is 11.1 Å². The third-order valence-corrected chi connectivity index (χ3v) is 4.96. The van der Waals surface area contributed by atoms with Gasteiger partial charge in [-0.25, -0.2) is 4.98 Å². The number of pyridine rings is 2. The van der Waals surface area contributed by atoms with Gasteiger partial charge >= 0.3 is 6.08 Å². The van der Waals surface area contributed by atoms with Crippen molar-refractivity contribution in [1.82, 2.24) is 14.5 Å². The fourth-order valence-electron chi connectivity index (χ4n) is 3.60. The number of rotatable bonds is 2. The van der Waals surface area contributed by atoms with Crippen molar-refractivity contribution in [3.63, 3.8) is 0 Å². The van der Waals surface area contributed by atoms with Crippen molar-refractivity contribution in [3.8, 4) is 17.2 Å². The molecular weight excluding hydrogens is 332 g/mol. The highest BCUT2D eigenvalue weighted by Crippen LogP contribution is 2.40. The van der Waals surface area contributed by atoms with Gasteiger partial charge in [-0.1, -0.05) is 6.07 Å². The molecule has 4 aromatic rings. The van der Waals surface area contributed by atoms with Gasteiger partial charge in [-0.3, -0.25) is 4.79 Å². The molecule has 0 spiro atoms. The number of aromatic hydroxyl groups is 1. The molecular formula is C19H16N4O3. The fourth-order valence-corrected chi connectivity index (χ4v) is 3.60. The molecule has 7 nitrogen and oxygen atoms in total. The molecule has 0 unspecified atom stereocenters. The van der Waals surface area contributed by atoms with E-state index in [0.717, 1.165) is 40.4 Å². The smallest absolute Gasteiger partial charge is 0.392 e. The van der Waals surface area contributed by atoms with Gasteiger partial charge in [-0.05, 0) is 49.1 Å². The Hall–Kier alpha value is -3.35. The molecule has 3 heterocycles. The highest BCUT2D eigenvalue weighted by molar-refractivity contribution is 6.04. The molecule has 1 aromatic carbocycles. The van der Waals surface area contributed by atoms with Crippen molar-refractivity contribution in [1.29, 1.82) is 0 Å². The molecule has 7 heteroatoms. The lowest BCUT2D eigenvalue weighted by Crippen LogP contribution is -2.20. The van der Waals surface area contributed by atoms with Gasteiger partial charge in [-0.2, -0.15) is 4.98 Å². The molecule has 5 rings (SSSR count). The Kier molecular flexibility index (Phi) is 2.92. The van der Waals surface area contributed by atoms with Crippen LogP contribution in [0.1, 0.15) is 24.4 Å². The Bertz CT molecular complexity index is 1230. The Morgan fingerprint density at radius 2 is 2.08 bits per heavy atom. The van der Waals surface area contributed by atoms with Crippen LogP contribution in [0.4, 0.5) is 5.82 Å². The highest BCUT2D eigenvalue weighted by Gasteiger charge is 2.30. The van der Waals surface area contributed by atoms with Crippen molar-refractivity contribution in [2.75, 3.05) is 5.73 Å². The molecule has 0 radical (unpaired) electrons. The minimum Gasteiger partial charge on any atom is -0.466 e. The van der Waals surface area contributed by atoms with Crippen LogP contribution in [0.15, 0.2) is 39.7 Å². The first-order chi connectivity index (χ1) is 12.5. The van der Waals surface area contributed by atoms with Crippen LogP contribution < -0.4 is 11.3 Å². The van der Waals surface area contributed by atoms with E-state index in [0.29, 0.717) is 11.4 Å². The molecule has 0 amide bonds. The molecule has 1 aliphatic carbocycles. The van der Waals surface area contributed by atoms with Crippen LogP contribution in [0.5, 0.6) is 6.08 Å². The van der Waals surface area contributed by atoms with Crippen molar-refractivity contribution in [2.24, 2.45) is 0 Å². The lowest BCUT2D eigenvalue weighted by atomic mass is 9.98. The SMILES string of the molecule is Cc1c(-c2ccc(N)nc2)ccc2c3oc(O)nc3c(=O)n(C3CC3)c12. The molecule has 3 aromatic heterocycles. The highest BCUT2D eigenvalue weighted by atomic mass is 16.5. The van der Waals surface area contributed by atoms with Gasteiger partial charge in [0.25, 0.3) is 5.56 Å². The lowest BCUT2D eigenvalue weighted by molar-refractivity contribution is 0.328. The maximum atomic E-state index is 13.0. The first kappa shape index (κ1) is 14.9. The summed E-state index contributed by atoms with van der Waals surface area (Å²) in [5, 5.41) is 10.4. The van der Waals surface area contributed by atoms with E-state index >= 15 is 0 Å². The van der Waals surface area contributed by atoms with Crippen LogP contribution in [-0.2, 0) is 0 Å². The Morgan fingerprint density at radius 3 is 2.77 bits per heavy atom. The minimum atomic E-state index is -0.489. The summed E-state index contributed by atoms with van der Waals surface area (Å²) in [6.45, 7) is 1.98. The zero-order chi connectivity index (χ0) is 18.0. The summed E-state index contributed by atoms with van der Waals surface area (Å²) < 4.78 is 7.13. The van der Waals surface area contributed by atoms with Gasteiger partial charge in [0.1, 0.15) is 5.82 Å². The van der Waals surface area contributed by atoms with Gasteiger partial charge in [0.05, 0.1) is 5.52 Å². The maximum Gasteiger partial charge on any atom is 0.392 e. The topological polar surface area (TPSA) is 107 Å². The molecule has 1 saturated carbocycles. The first-order valence-corrected chi connectivity index (χ1v) is 8.44. The number of nitrogens with zero attached hydrogens (tertiary/aromatic N) is 3. The molecule has 0 saturated heterocycles. The Balaban J connectivity index is 1.92. The average Bonchev–Trinajstić information content (AvgIpc) is 3.37. The standard InChI is InChI=1S/C19H16N4O3/c1-9-12(10-2-7-14(20)21-8-10)5-6-13-16(9)23(11-3-4-11)18(24)15-17(13)26-19(25)22-15/h2,5-8,11H,3-4H2,1H3,(H2,20,21)(H,22,25). The van der Waals surface area contributed by atoms with Crippen molar-refractivity contribution in [2.45, 2.75) is 25.8 Å². The first-order valence-electron chi connectivity index (χ1n) is 8.44. The molecule has 130 valence electrons. The normalized spacial score (nSPS) is 14.3. The summed E-state index contributed by atoms with van der Waals surface area (Å²) in [4.78, 5) is 21.0. The van der Waals surface area contributed by atoms with Crippen LogP contribution >= 0.6 is 0 Å². The van der Waals surface area contributed by atoms with Crippen LogP contribution in [-0.4, -0.2) is 19.6 Å². The summed E-state index contributed by atoms with van der Waals surface area (Å²) in [7, 11) is 0. The predicted molar refractivity (Wildman–Crippen MR) is 98.1 cm³/mol. The molecule has 0 aliphatic heterocycles. The van der Waals surface area contributed by atoms with Crippen molar-refractivity contribution < 1.29 is 9.52 Å². The van der Waals surface area contributed by atoms with E-state index in [1.807, 2.05) is 25.1 Å². The summed E-state index contributed by atoms with van der Waals surface area (Å²) in [5.74, 6) is 0.459. The van der Waals surface area contributed by atoms with Crippen LogP contribution in [0, 0.1) is 6.92 Å². The van der Waals surface area contributed by atoms with Crippen molar-refractivity contribution in [3.05, 3.63) is 46.4 Å². The lowest BCUT2D eigenvalue weighted by Gasteiger charge is -2.15. The molecule has 1 fully saturated rings. The second kappa shape index (κ2) is 5.08. The zero-order valence-corrected chi connectivity index (χ0v) is 14.1. The molecule has 26 heavy (non-hydrogen) atoms. The number of benzene rings is 1. The van der Waals surface area contributed by atoms with E-state index in [4.69, 9.17) is 10.2 Å². The summed E-state index contributed by atoms with van der Waals surface area (Å²) in [6.07, 6.45) is 3.15. The number of hydrogen-bond donors (Lipinski definition) is 2. The number of nitrogens with two attached hydrogens (primary N) is 1. The zero-order valence-electron chi connectivity index (χ0n) is 14.1. The molecule has 1 aliphatic rings. The number of oxazole rings is 1. The number of aromatic nitrogens is 3. The summed E-state index contributed by atoms with van der Waals surface area (Å²) in [6, 6.07) is 7.69. The van der Waals surface area contributed by atoms with Gasteiger partial charge in [-0.15, -0.1) is 0 Å². The van der Waals surface area contributed by atoms with Crippen LogP contribution in [0.2, 0.25) is 0 Å². The third kappa shape index (κ3) is 2.03. The van der Waals surface area contributed by atoms with E-state index in [9.17, 15) is 9.90 Å². The fraction of sp³-hybridized carbons (Fsp3) is 0.211. The summed E-state index contributed by atoms with van der Waals surface area (Å²) in [5.41, 5.74) is 9.63. The second-order valence-corrected chi connectivity index (χ2v) is 6.69. The van der Waals surface area contributed by atoms with Crippen molar-refractivity contribution >= 4 is 27.8 Å². The monoisotopic (exact) mass is 348 g/mol. The number of nitrogen functional groups attached to an aromatic ring is 1. The molecule has 0 atom stereocenters. The predicted octanol–water partition coefficient (Wildman–Crippen LogP) is 3.14. The van der Waals surface area contributed by atoms with Crippen LogP contribution in [0.3, 0.4) is 0 Å². The van der Waals surface area contributed by atoms with Crippen LogP contribution in [0.25, 0.3) is 33.1 Å². The Morgan fingerprint density at radius 1 is 1.27 bits per heavy atom. The van der Waals surface area contributed by atoms with E-state index < -0.39 is 6.08 Å². The van der Waals surface area contributed by atoms with E-state index in [2.05, 4.69) is 9.97 Å². The maximum absolute atomic E-state index is 13.0. The van der Waals surface area contributed by atoms with E-state index in [-0.39, 0.29) is 17.1 Å². The second-order valence-electron chi connectivity index (χ2n) is 6.69. The van der Waals surface area contributed by atoms with Gasteiger partial charge in [0.2, 0.25) is 0 Å². The van der Waals surface area contributed by atoms with E-state index in [1.54, 1.807) is 16.8 Å². The third-order valence-electron chi connectivity index (χ3n) is 4.96. The Labute approximate surface area is 147 Å². The van der Waals surface area contributed by atoms with Gasteiger partial charge < -0.3 is 19.8 Å². The molecule has 3 N–H and O–H groups in total.